The maximum Gasteiger partial charge on any atom is 0.0799 e. The number of nitrogens with two attached hydrogens (primary N) is 1. The normalized spacial score (nSPS) is 14.2. The fourth-order valence-electron chi connectivity index (χ4n) is 2.07. The number of rotatable bonds is 11. The second-order valence-electron chi connectivity index (χ2n) is 8.18. The van der Waals surface area contributed by atoms with Crippen molar-refractivity contribution in [1.29, 1.82) is 5.41 Å². The summed E-state index contributed by atoms with van der Waals surface area (Å²) in [4.78, 5) is 4.88. The molecule has 0 spiro atoms. The summed E-state index contributed by atoms with van der Waals surface area (Å²) in [6, 6.07) is 0. The van der Waals surface area contributed by atoms with E-state index >= 15 is 0 Å². The molecule has 0 heterocycles. The third-order valence-electron chi connectivity index (χ3n) is 4.50. The molecule has 23 heavy (non-hydrogen) atoms. The monoisotopic (exact) mass is 325 g/mol. The van der Waals surface area contributed by atoms with Gasteiger partial charge in [-0.15, -0.1) is 0 Å². The van der Waals surface area contributed by atoms with Gasteiger partial charge in [0, 0.05) is 12.1 Å². The van der Waals surface area contributed by atoms with Crippen molar-refractivity contribution in [3.8, 4) is 0 Å². The lowest BCUT2D eigenvalue weighted by Crippen LogP contribution is -2.54. The van der Waals surface area contributed by atoms with Gasteiger partial charge in [-0.05, 0) is 60.8 Å². The summed E-state index contributed by atoms with van der Waals surface area (Å²) < 4.78 is 6.03. The number of hydrogen-bond donors (Lipinski definition) is 2. The Kier molecular flexibility index (Phi) is 8.64. The Bertz CT molecular complexity index is 403. The van der Waals surface area contributed by atoms with Crippen LogP contribution in [-0.2, 0) is 4.74 Å². The lowest BCUT2D eigenvalue weighted by molar-refractivity contribution is -0.0661. The van der Waals surface area contributed by atoms with Crippen LogP contribution in [0.3, 0.4) is 0 Å². The Morgan fingerprint density at radius 3 is 1.96 bits per heavy atom. The highest BCUT2D eigenvalue weighted by Crippen LogP contribution is 2.25. The molecule has 0 aromatic heterocycles. The second-order valence-corrected chi connectivity index (χ2v) is 8.18. The molecule has 0 saturated heterocycles. The zero-order valence-corrected chi connectivity index (χ0v) is 16.7. The Morgan fingerprint density at radius 1 is 1.00 bits per heavy atom. The summed E-state index contributed by atoms with van der Waals surface area (Å²) in [7, 11) is 0. The summed E-state index contributed by atoms with van der Waals surface area (Å²) in [6.07, 6.45) is 4.51. The molecule has 0 aromatic carbocycles. The molecule has 0 atom stereocenters. The van der Waals surface area contributed by atoms with Crippen molar-refractivity contribution in [3.05, 3.63) is 0 Å². The van der Waals surface area contributed by atoms with E-state index in [-0.39, 0.29) is 11.1 Å². The van der Waals surface area contributed by atoms with E-state index in [0.717, 1.165) is 37.8 Å². The Hall–Kier alpha value is -0.740. The maximum absolute atomic E-state index is 8.21. The highest BCUT2D eigenvalue weighted by molar-refractivity contribution is 6.41. The standard InChI is InChI=1S/C19H39N3O/c1-9-11-15(20)16(12-10-2)22-17(3,4)13-14-23-19(7,8)18(5,6)21/h20H,9-14,21H2,1-8H3/b20-15?,22-16+. The van der Waals surface area contributed by atoms with Crippen LogP contribution in [0.2, 0.25) is 0 Å². The van der Waals surface area contributed by atoms with Crippen molar-refractivity contribution in [2.24, 2.45) is 10.7 Å². The zero-order valence-electron chi connectivity index (χ0n) is 16.7. The lowest BCUT2D eigenvalue weighted by Gasteiger charge is -2.39. The van der Waals surface area contributed by atoms with E-state index in [9.17, 15) is 0 Å². The third kappa shape index (κ3) is 8.07. The molecule has 4 nitrogen and oxygen atoms in total. The molecule has 4 heteroatoms. The topological polar surface area (TPSA) is 71.5 Å². The smallest absolute Gasteiger partial charge is 0.0799 e. The van der Waals surface area contributed by atoms with Crippen LogP contribution >= 0.6 is 0 Å². The van der Waals surface area contributed by atoms with Crippen molar-refractivity contribution in [2.45, 2.75) is 104 Å². The van der Waals surface area contributed by atoms with Crippen LogP contribution in [0.25, 0.3) is 0 Å². The quantitative estimate of drug-likeness (QED) is 0.538. The highest BCUT2D eigenvalue weighted by Gasteiger charge is 2.34. The number of aliphatic imine (C=N–C) groups is 1. The van der Waals surface area contributed by atoms with E-state index in [2.05, 4.69) is 27.7 Å². The van der Waals surface area contributed by atoms with Gasteiger partial charge in [0.05, 0.1) is 22.6 Å². The molecule has 0 saturated carbocycles. The molecule has 136 valence electrons. The first-order valence-corrected chi connectivity index (χ1v) is 8.95. The van der Waals surface area contributed by atoms with E-state index in [1.165, 1.54) is 0 Å². The predicted octanol–water partition coefficient (Wildman–Crippen LogP) is 4.75. The van der Waals surface area contributed by atoms with Gasteiger partial charge in [0.15, 0.2) is 0 Å². The maximum atomic E-state index is 8.21. The van der Waals surface area contributed by atoms with Gasteiger partial charge in [0.1, 0.15) is 0 Å². The lowest BCUT2D eigenvalue weighted by atomic mass is 9.87. The number of nitrogens with zero attached hydrogens (tertiary/aromatic N) is 1. The van der Waals surface area contributed by atoms with Gasteiger partial charge in [-0.2, -0.15) is 0 Å². The third-order valence-corrected chi connectivity index (χ3v) is 4.50. The first kappa shape index (κ1) is 22.3. The van der Waals surface area contributed by atoms with Crippen LogP contribution in [0.4, 0.5) is 0 Å². The molecule has 0 aliphatic carbocycles. The van der Waals surface area contributed by atoms with Crippen LogP contribution in [0, 0.1) is 5.41 Å². The molecular formula is C19H39N3O. The van der Waals surface area contributed by atoms with Crippen molar-refractivity contribution in [2.75, 3.05) is 6.61 Å². The van der Waals surface area contributed by atoms with Crippen molar-refractivity contribution < 1.29 is 4.74 Å². The van der Waals surface area contributed by atoms with Crippen LogP contribution in [0.5, 0.6) is 0 Å². The number of hydrogen-bond acceptors (Lipinski definition) is 4. The zero-order chi connectivity index (χ0) is 18.3. The molecule has 3 N–H and O–H groups in total. The first-order valence-electron chi connectivity index (χ1n) is 8.95. The van der Waals surface area contributed by atoms with E-state index in [1.807, 2.05) is 27.7 Å². The molecule has 0 unspecified atom stereocenters. The average Bonchev–Trinajstić information content (AvgIpc) is 2.36. The molecule has 0 bridgehead atoms. The molecule has 0 aliphatic rings. The summed E-state index contributed by atoms with van der Waals surface area (Å²) in [5.74, 6) is 0. The van der Waals surface area contributed by atoms with Gasteiger partial charge in [0.2, 0.25) is 0 Å². The summed E-state index contributed by atoms with van der Waals surface area (Å²) in [5.41, 5.74) is 6.82. The van der Waals surface area contributed by atoms with Gasteiger partial charge in [0.25, 0.3) is 0 Å². The predicted molar refractivity (Wildman–Crippen MR) is 102 cm³/mol. The van der Waals surface area contributed by atoms with E-state index < -0.39 is 5.54 Å². The Labute approximate surface area is 143 Å². The van der Waals surface area contributed by atoms with Crippen LogP contribution in [-0.4, -0.2) is 34.7 Å². The van der Waals surface area contributed by atoms with Crippen LogP contribution < -0.4 is 5.73 Å². The molecule has 0 rings (SSSR count). The molecule has 0 aromatic rings. The van der Waals surface area contributed by atoms with Crippen molar-refractivity contribution >= 4 is 11.4 Å². The van der Waals surface area contributed by atoms with Gasteiger partial charge >= 0.3 is 0 Å². The largest absolute Gasteiger partial charge is 0.374 e. The van der Waals surface area contributed by atoms with Gasteiger partial charge in [-0.1, -0.05) is 26.7 Å². The summed E-state index contributed by atoms with van der Waals surface area (Å²) in [5, 5.41) is 8.21. The first-order chi connectivity index (χ1) is 10.4. The molecule has 0 aliphatic heterocycles. The molecule has 0 fully saturated rings. The van der Waals surface area contributed by atoms with Gasteiger partial charge < -0.3 is 15.9 Å². The van der Waals surface area contributed by atoms with Gasteiger partial charge in [-0.25, -0.2) is 0 Å². The van der Waals surface area contributed by atoms with E-state index in [1.54, 1.807) is 0 Å². The van der Waals surface area contributed by atoms with Crippen molar-refractivity contribution in [1.82, 2.24) is 0 Å². The SMILES string of the molecule is CCCC(=N)/C(CCC)=N/C(C)(C)CCOC(C)(C)C(C)(C)N. The van der Waals surface area contributed by atoms with E-state index in [4.69, 9.17) is 20.9 Å². The Balaban J connectivity index is 4.84. The highest BCUT2D eigenvalue weighted by atomic mass is 16.5. The van der Waals surface area contributed by atoms with Crippen molar-refractivity contribution in [3.63, 3.8) is 0 Å². The molecule has 0 radical (unpaired) electrons. The molecule has 0 amide bonds. The fourth-order valence-corrected chi connectivity index (χ4v) is 2.07. The number of nitrogens with one attached hydrogen (secondary N) is 1. The fraction of sp³-hybridized carbons (Fsp3) is 0.895. The van der Waals surface area contributed by atoms with Crippen LogP contribution in [0.1, 0.15) is 87.5 Å². The minimum Gasteiger partial charge on any atom is -0.374 e. The molecular weight excluding hydrogens is 286 g/mol. The van der Waals surface area contributed by atoms with E-state index in [0.29, 0.717) is 12.3 Å². The summed E-state index contributed by atoms with van der Waals surface area (Å²) >= 11 is 0. The second kappa shape index (κ2) is 8.93. The minimum absolute atomic E-state index is 0.223. The summed E-state index contributed by atoms with van der Waals surface area (Å²) in [6.45, 7) is 17.1. The number of ether oxygens (including phenoxy) is 1. The average molecular weight is 326 g/mol. The van der Waals surface area contributed by atoms with Gasteiger partial charge in [-0.3, -0.25) is 4.99 Å². The van der Waals surface area contributed by atoms with Crippen LogP contribution in [0.15, 0.2) is 4.99 Å². The Morgan fingerprint density at radius 2 is 1.52 bits per heavy atom. The minimum atomic E-state index is -0.392.